The highest BCUT2D eigenvalue weighted by molar-refractivity contribution is 6.19. The molecule has 0 spiro atoms. The lowest BCUT2D eigenvalue weighted by Crippen LogP contribution is -2.50. The summed E-state index contributed by atoms with van der Waals surface area (Å²) in [6, 6.07) is 0.196. The Morgan fingerprint density at radius 3 is 2.19 bits per heavy atom. The SMILES string of the molecule is CCC(CC)C(=O)NC1CCN(C(=O)C(C)(C)CCl)CC1. The molecule has 5 heteroatoms. The van der Waals surface area contributed by atoms with Crippen LogP contribution >= 0.6 is 11.6 Å². The van der Waals surface area contributed by atoms with Crippen molar-refractivity contribution in [2.75, 3.05) is 19.0 Å². The van der Waals surface area contributed by atoms with Gasteiger partial charge in [-0.15, -0.1) is 11.6 Å². The van der Waals surface area contributed by atoms with Gasteiger partial charge in [-0.1, -0.05) is 13.8 Å². The molecule has 1 saturated heterocycles. The molecule has 4 nitrogen and oxygen atoms in total. The maximum absolute atomic E-state index is 12.3. The van der Waals surface area contributed by atoms with E-state index < -0.39 is 5.41 Å². The number of piperidine rings is 1. The second-order valence-corrected chi connectivity index (χ2v) is 6.87. The second-order valence-electron chi connectivity index (χ2n) is 6.61. The summed E-state index contributed by atoms with van der Waals surface area (Å²) in [4.78, 5) is 26.3. The number of hydrogen-bond acceptors (Lipinski definition) is 2. The molecule has 21 heavy (non-hydrogen) atoms. The fourth-order valence-corrected chi connectivity index (χ4v) is 2.80. The van der Waals surface area contributed by atoms with Crippen LogP contribution in [-0.4, -0.2) is 41.7 Å². The van der Waals surface area contributed by atoms with E-state index in [0.717, 1.165) is 25.7 Å². The minimum Gasteiger partial charge on any atom is -0.353 e. The van der Waals surface area contributed by atoms with E-state index in [-0.39, 0.29) is 23.8 Å². The molecule has 1 aliphatic heterocycles. The minimum atomic E-state index is -0.507. The summed E-state index contributed by atoms with van der Waals surface area (Å²) in [5.74, 6) is 0.713. The van der Waals surface area contributed by atoms with Crippen LogP contribution in [0.5, 0.6) is 0 Å². The predicted molar refractivity (Wildman–Crippen MR) is 86.3 cm³/mol. The third-order valence-corrected chi connectivity index (χ3v) is 5.07. The van der Waals surface area contributed by atoms with Gasteiger partial charge in [0.25, 0.3) is 0 Å². The van der Waals surface area contributed by atoms with E-state index in [4.69, 9.17) is 11.6 Å². The van der Waals surface area contributed by atoms with Crippen molar-refractivity contribution in [3.05, 3.63) is 0 Å². The molecule has 1 aliphatic rings. The molecule has 1 rings (SSSR count). The largest absolute Gasteiger partial charge is 0.353 e. The third kappa shape index (κ3) is 4.87. The molecule has 0 aliphatic carbocycles. The van der Waals surface area contributed by atoms with Crippen molar-refractivity contribution in [1.29, 1.82) is 0 Å². The molecule has 0 bridgehead atoms. The maximum atomic E-state index is 12.3. The van der Waals surface area contributed by atoms with Crippen molar-refractivity contribution in [1.82, 2.24) is 10.2 Å². The first-order valence-corrected chi connectivity index (χ1v) is 8.54. The molecular formula is C16H29ClN2O2. The first-order chi connectivity index (χ1) is 9.85. The molecule has 0 saturated carbocycles. The topological polar surface area (TPSA) is 49.4 Å². The number of nitrogens with zero attached hydrogens (tertiary/aromatic N) is 1. The molecular weight excluding hydrogens is 288 g/mol. The van der Waals surface area contributed by atoms with Crippen LogP contribution in [-0.2, 0) is 9.59 Å². The predicted octanol–water partition coefficient (Wildman–Crippen LogP) is 2.79. The molecule has 1 fully saturated rings. The number of alkyl halides is 1. The van der Waals surface area contributed by atoms with Crippen LogP contribution in [0, 0.1) is 11.3 Å². The van der Waals surface area contributed by atoms with E-state index in [2.05, 4.69) is 5.32 Å². The Hall–Kier alpha value is -0.770. The Bertz CT molecular complexity index is 359. The number of nitrogens with one attached hydrogen (secondary N) is 1. The minimum absolute atomic E-state index is 0.111. The normalized spacial score (nSPS) is 17.1. The van der Waals surface area contributed by atoms with Crippen LogP contribution in [0.1, 0.15) is 53.4 Å². The van der Waals surface area contributed by atoms with Crippen LogP contribution in [0.15, 0.2) is 0 Å². The highest BCUT2D eigenvalue weighted by Crippen LogP contribution is 2.23. The number of likely N-dealkylation sites (tertiary alicyclic amines) is 1. The smallest absolute Gasteiger partial charge is 0.229 e. The Balaban J connectivity index is 2.46. The number of carbonyl (C=O) groups excluding carboxylic acids is 2. The highest BCUT2D eigenvalue weighted by atomic mass is 35.5. The molecule has 0 aromatic carbocycles. The first-order valence-electron chi connectivity index (χ1n) is 8.01. The first kappa shape index (κ1) is 18.3. The number of rotatable bonds is 6. The van der Waals surface area contributed by atoms with Gasteiger partial charge >= 0.3 is 0 Å². The van der Waals surface area contributed by atoms with Gasteiger partial charge in [-0.2, -0.15) is 0 Å². The summed E-state index contributed by atoms with van der Waals surface area (Å²) in [6.45, 7) is 9.25. The van der Waals surface area contributed by atoms with Crippen molar-refractivity contribution in [2.24, 2.45) is 11.3 Å². The van der Waals surface area contributed by atoms with Gasteiger partial charge in [0, 0.05) is 30.9 Å². The monoisotopic (exact) mass is 316 g/mol. The summed E-state index contributed by atoms with van der Waals surface area (Å²) < 4.78 is 0. The summed E-state index contributed by atoms with van der Waals surface area (Å²) >= 11 is 5.87. The van der Waals surface area contributed by atoms with Gasteiger partial charge in [-0.3, -0.25) is 9.59 Å². The molecule has 0 atom stereocenters. The van der Waals surface area contributed by atoms with Crippen LogP contribution in [0.4, 0.5) is 0 Å². The Morgan fingerprint density at radius 1 is 1.24 bits per heavy atom. The van der Waals surface area contributed by atoms with Gasteiger partial charge in [0.2, 0.25) is 11.8 Å². The van der Waals surface area contributed by atoms with Gasteiger partial charge in [0.1, 0.15) is 0 Å². The highest BCUT2D eigenvalue weighted by Gasteiger charge is 2.33. The van der Waals surface area contributed by atoms with E-state index in [9.17, 15) is 9.59 Å². The van der Waals surface area contributed by atoms with Gasteiger partial charge < -0.3 is 10.2 Å². The van der Waals surface area contributed by atoms with Gasteiger partial charge in [-0.25, -0.2) is 0 Å². The number of carbonyl (C=O) groups is 2. The van der Waals surface area contributed by atoms with Crippen molar-refractivity contribution in [3.63, 3.8) is 0 Å². The van der Waals surface area contributed by atoms with Crippen LogP contribution in [0.3, 0.4) is 0 Å². The maximum Gasteiger partial charge on any atom is 0.229 e. The number of halogens is 1. The van der Waals surface area contributed by atoms with Crippen LogP contribution in [0.2, 0.25) is 0 Å². The summed E-state index contributed by atoms with van der Waals surface area (Å²) in [6.07, 6.45) is 3.42. The standard InChI is InChI=1S/C16H29ClN2O2/c1-5-12(6-2)14(20)18-13-7-9-19(10-8-13)15(21)16(3,4)11-17/h12-13H,5-11H2,1-4H3,(H,18,20). The Labute approximate surface area is 133 Å². The molecule has 0 aromatic rings. The molecule has 122 valence electrons. The van der Waals surface area contributed by atoms with E-state index >= 15 is 0 Å². The van der Waals surface area contributed by atoms with E-state index in [0.29, 0.717) is 19.0 Å². The van der Waals surface area contributed by atoms with Crippen molar-refractivity contribution in [3.8, 4) is 0 Å². The average molecular weight is 317 g/mol. The lowest BCUT2D eigenvalue weighted by molar-refractivity contribution is -0.140. The zero-order valence-corrected chi connectivity index (χ0v) is 14.5. The lowest BCUT2D eigenvalue weighted by atomic mass is 9.92. The summed E-state index contributed by atoms with van der Waals surface area (Å²) in [7, 11) is 0. The van der Waals surface area contributed by atoms with E-state index in [1.807, 2.05) is 32.6 Å². The lowest BCUT2D eigenvalue weighted by Gasteiger charge is -2.36. The quantitative estimate of drug-likeness (QED) is 0.766. The molecule has 0 unspecified atom stereocenters. The van der Waals surface area contributed by atoms with E-state index in [1.165, 1.54) is 0 Å². The average Bonchev–Trinajstić information content (AvgIpc) is 2.48. The Kier molecular flexibility index (Phi) is 6.98. The second kappa shape index (κ2) is 8.02. The Morgan fingerprint density at radius 2 is 1.76 bits per heavy atom. The summed E-state index contributed by atoms with van der Waals surface area (Å²) in [5.41, 5.74) is -0.507. The zero-order valence-electron chi connectivity index (χ0n) is 13.7. The van der Waals surface area contributed by atoms with E-state index in [1.54, 1.807) is 0 Å². The van der Waals surface area contributed by atoms with Gasteiger partial charge in [0.15, 0.2) is 0 Å². The van der Waals surface area contributed by atoms with Crippen molar-refractivity contribution >= 4 is 23.4 Å². The van der Waals surface area contributed by atoms with Gasteiger partial charge in [-0.05, 0) is 39.5 Å². The fourth-order valence-electron chi connectivity index (χ4n) is 2.69. The molecule has 1 heterocycles. The van der Waals surface area contributed by atoms with Crippen LogP contribution < -0.4 is 5.32 Å². The summed E-state index contributed by atoms with van der Waals surface area (Å²) in [5, 5.41) is 3.13. The molecule has 1 N–H and O–H groups in total. The van der Waals surface area contributed by atoms with Crippen molar-refractivity contribution in [2.45, 2.75) is 59.4 Å². The number of hydrogen-bond donors (Lipinski definition) is 1. The molecule has 2 amide bonds. The number of amides is 2. The van der Waals surface area contributed by atoms with Crippen LogP contribution in [0.25, 0.3) is 0 Å². The fraction of sp³-hybridized carbons (Fsp3) is 0.875. The molecule has 0 aromatic heterocycles. The van der Waals surface area contributed by atoms with Gasteiger partial charge in [0.05, 0.1) is 5.41 Å². The third-order valence-electron chi connectivity index (χ3n) is 4.40. The zero-order chi connectivity index (χ0) is 16.0. The van der Waals surface area contributed by atoms with Crippen molar-refractivity contribution < 1.29 is 9.59 Å². The molecule has 0 radical (unpaired) electrons.